The summed E-state index contributed by atoms with van der Waals surface area (Å²) in [6.45, 7) is 2.38. The standard InChI is InChI=1S/C18H17BrN2O2/c1-11-5-6-14(16(22)9-11)18(23)20-8-7-12-10-21-17-13(12)3-2-4-15(17)19/h2-6,9-10,21-22H,7-8H2,1H3,(H,20,23). The van der Waals surface area contributed by atoms with Gasteiger partial charge in [-0.15, -0.1) is 0 Å². The van der Waals surface area contributed by atoms with Gasteiger partial charge in [-0.1, -0.05) is 18.2 Å². The van der Waals surface area contributed by atoms with Crippen molar-refractivity contribution in [3.63, 3.8) is 0 Å². The Labute approximate surface area is 142 Å². The van der Waals surface area contributed by atoms with Crippen LogP contribution in [-0.4, -0.2) is 22.5 Å². The highest BCUT2D eigenvalue weighted by molar-refractivity contribution is 9.10. The number of phenols is 1. The molecule has 3 aromatic rings. The normalized spacial score (nSPS) is 10.9. The Balaban J connectivity index is 1.66. The van der Waals surface area contributed by atoms with Crippen molar-refractivity contribution in [3.8, 4) is 5.75 Å². The summed E-state index contributed by atoms with van der Waals surface area (Å²) in [5, 5.41) is 13.8. The van der Waals surface area contributed by atoms with Crippen molar-refractivity contribution >= 4 is 32.7 Å². The van der Waals surface area contributed by atoms with Gasteiger partial charge in [0, 0.05) is 22.6 Å². The predicted octanol–water partition coefficient (Wildman–Crippen LogP) is 3.92. The van der Waals surface area contributed by atoms with Gasteiger partial charge in [-0.05, 0) is 58.6 Å². The van der Waals surface area contributed by atoms with Crippen molar-refractivity contribution in [1.82, 2.24) is 10.3 Å². The summed E-state index contributed by atoms with van der Waals surface area (Å²) in [4.78, 5) is 15.4. The Bertz CT molecular complexity index is 871. The molecule has 0 aliphatic carbocycles. The van der Waals surface area contributed by atoms with Crippen LogP contribution in [0.3, 0.4) is 0 Å². The van der Waals surface area contributed by atoms with Gasteiger partial charge in [-0.25, -0.2) is 0 Å². The number of hydrogen-bond donors (Lipinski definition) is 3. The third kappa shape index (κ3) is 3.24. The average Bonchev–Trinajstić information content (AvgIpc) is 2.92. The van der Waals surface area contributed by atoms with Gasteiger partial charge in [-0.3, -0.25) is 4.79 Å². The summed E-state index contributed by atoms with van der Waals surface area (Å²) in [5.74, 6) is -0.248. The van der Waals surface area contributed by atoms with E-state index in [9.17, 15) is 9.90 Å². The van der Waals surface area contributed by atoms with Crippen LogP contribution >= 0.6 is 15.9 Å². The fourth-order valence-corrected chi connectivity index (χ4v) is 3.10. The number of carbonyl (C=O) groups is 1. The highest BCUT2D eigenvalue weighted by atomic mass is 79.9. The van der Waals surface area contributed by atoms with Crippen LogP contribution in [0, 0.1) is 6.92 Å². The molecule has 3 N–H and O–H groups in total. The van der Waals surface area contributed by atoms with Crippen molar-refractivity contribution in [3.05, 3.63) is 63.8 Å². The lowest BCUT2D eigenvalue weighted by Crippen LogP contribution is -2.25. The molecule has 118 valence electrons. The minimum absolute atomic E-state index is 0.0125. The summed E-state index contributed by atoms with van der Waals surface area (Å²) < 4.78 is 1.02. The summed E-state index contributed by atoms with van der Waals surface area (Å²) in [6, 6.07) is 11.1. The number of carbonyl (C=O) groups excluding carboxylic acids is 1. The highest BCUT2D eigenvalue weighted by Gasteiger charge is 2.11. The van der Waals surface area contributed by atoms with Crippen LogP contribution in [0.2, 0.25) is 0 Å². The number of amides is 1. The maximum Gasteiger partial charge on any atom is 0.255 e. The predicted molar refractivity (Wildman–Crippen MR) is 94.9 cm³/mol. The van der Waals surface area contributed by atoms with Crippen LogP contribution in [0.15, 0.2) is 47.1 Å². The number of halogens is 1. The molecule has 0 saturated heterocycles. The minimum Gasteiger partial charge on any atom is -0.507 e. The summed E-state index contributed by atoms with van der Waals surface area (Å²) >= 11 is 3.52. The molecule has 4 nitrogen and oxygen atoms in total. The quantitative estimate of drug-likeness (QED) is 0.649. The van der Waals surface area contributed by atoms with E-state index in [2.05, 4.69) is 32.3 Å². The van der Waals surface area contributed by atoms with Gasteiger partial charge >= 0.3 is 0 Å². The molecule has 1 amide bonds. The van der Waals surface area contributed by atoms with Crippen LogP contribution in [0.1, 0.15) is 21.5 Å². The van der Waals surface area contributed by atoms with E-state index in [4.69, 9.17) is 0 Å². The van der Waals surface area contributed by atoms with Crippen molar-refractivity contribution in [1.29, 1.82) is 0 Å². The van der Waals surface area contributed by atoms with Crippen LogP contribution < -0.4 is 5.32 Å². The third-order valence-corrected chi connectivity index (χ3v) is 4.49. The largest absolute Gasteiger partial charge is 0.507 e. The fourth-order valence-electron chi connectivity index (χ4n) is 2.62. The molecule has 0 aliphatic rings. The molecule has 3 rings (SSSR count). The Morgan fingerprint density at radius 3 is 2.91 bits per heavy atom. The monoisotopic (exact) mass is 372 g/mol. The van der Waals surface area contributed by atoms with E-state index < -0.39 is 0 Å². The molecule has 1 heterocycles. The molecule has 2 aromatic carbocycles. The molecule has 0 saturated carbocycles. The zero-order valence-electron chi connectivity index (χ0n) is 12.7. The van der Waals surface area contributed by atoms with Gasteiger partial charge in [-0.2, -0.15) is 0 Å². The second kappa shape index (κ2) is 6.46. The summed E-state index contributed by atoms with van der Waals surface area (Å²) in [7, 11) is 0. The topological polar surface area (TPSA) is 65.1 Å². The molecule has 0 fully saturated rings. The fraction of sp³-hybridized carbons (Fsp3) is 0.167. The molecule has 0 aliphatic heterocycles. The molecule has 23 heavy (non-hydrogen) atoms. The maximum absolute atomic E-state index is 12.1. The zero-order valence-corrected chi connectivity index (χ0v) is 14.3. The maximum atomic E-state index is 12.1. The van der Waals surface area contributed by atoms with Gasteiger partial charge < -0.3 is 15.4 Å². The first-order chi connectivity index (χ1) is 11.1. The van der Waals surface area contributed by atoms with Crippen LogP contribution in [-0.2, 0) is 6.42 Å². The number of para-hydroxylation sites is 1. The molecule has 0 unspecified atom stereocenters. The second-order valence-corrected chi connectivity index (χ2v) is 6.36. The SMILES string of the molecule is Cc1ccc(C(=O)NCCc2c[nH]c3c(Br)cccc23)c(O)c1. The number of benzene rings is 2. The number of hydrogen-bond acceptors (Lipinski definition) is 2. The van der Waals surface area contributed by atoms with Crippen molar-refractivity contribution in [2.45, 2.75) is 13.3 Å². The van der Waals surface area contributed by atoms with E-state index in [0.717, 1.165) is 32.9 Å². The first kappa shape index (κ1) is 15.6. The number of rotatable bonds is 4. The molecule has 5 heteroatoms. The number of nitrogens with one attached hydrogen (secondary N) is 2. The van der Waals surface area contributed by atoms with Crippen molar-refractivity contribution in [2.24, 2.45) is 0 Å². The second-order valence-electron chi connectivity index (χ2n) is 5.50. The Morgan fingerprint density at radius 2 is 2.13 bits per heavy atom. The van der Waals surface area contributed by atoms with Crippen LogP contribution in [0.5, 0.6) is 5.75 Å². The summed E-state index contributed by atoms with van der Waals surface area (Å²) in [5.41, 5.74) is 3.43. The zero-order chi connectivity index (χ0) is 16.4. The van der Waals surface area contributed by atoms with E-state index in [1.54, 1.807) is 12.1 Å². The lowest BCUT2D eigenvalue weighted by Gasteiger charge is -2.07. The van der Waals surface area contributed by atoms with E-state index in [-0.39, 0.29) is 11.7 Å². The number of H-pyrrole nitrogens is 1. The van der Waals surface area contributed by atoms with Crippen LogP contribution in [0.25, 0.3) is 10.9 Å². The number of phenolic OH excluding ortho intramolecular Hbond substituents is 1. The smallest absolute Gasteiger partial charge is 0.255 e. The van der Waals surface area contributed by atoms with Gasteiger partial charge in [0.25, 0.3) is 5.91 Å². The Kier molecular flexibility index (Phi) is 4.39. The molecule has 1 aromatic heterocycles. The van der Waals surface area contributed by atoms with Gasteiger partial charge in [0.2, 0.25) is 0 Å². The number of aromatic hydroxyl groups is 1. The molecule has 0 radical (unpaired) electrons. The van der Waals surface area contributed by atoms with Crippen molar-refractivity contribution in [2.75, 3.05) is 6.54 Å². The number of aryl methyl sites for hydroxylation is 1. The Hall–Kier alpha value is -2.27. The van der Waals surface area contributed by atoms with Crippen LogP contribution in [0.4, 0.5) is 0 Å². The third-order valence-electron chi connectivity index (χ3n) is 3.83. The minimum atomic E-state index is -0.261. The number of fused-ring (bicyclic) bond motifs is 1. The van der Waals surface area contributed by atoms with Crippen molar-refractivity contribution < 1.29 is 9.90 Å². The van der Waals surface area contributed by atoms with Gasteiger partial charge in [0.15, 0.2) is 0 Å². The lowest BCUT2D eigenvalue weighted by atomic mass is 10.1. The Morgan fingerprint density at radius 1 is 1.30 bits per heavy atom. The first-order valence-corrected chi connectivity index (χ1v) is 8.18. The van der Waals surface area contributed by atoms with E-state index in [0.29, 0.717) is 12.1 Å². The molecular formula is C18H17BrN2O2. The molecule has 0 bridgehead atoms. The highest BCUT2D eigenvalue weighted by Crippen LogP contribution is 2.25. The summed E-state index contributed by atoms with van der Waals surface area (Å²) in [6.07, 6.45) is 2.68. The van der Waals surface area contributed by atoms with Gasteiger partial charge in [0.05, 0.1) is 11.1 Å². The van der Waals surface area contributed by atoms with E-state index in [1.165, 1.54) is 0 Å². The first-order valence-electron chi connectivity index (χ1n) is 7.38. The molecular weight excluding hydrogens is 356 g/mol. The number of aromatic amines is 1. The number of aromatic nitrogens is 1. The van der Waals surface area contributed by atoms with Gasteiger partial charge in [0.1, 0.15) is 5.75 Å². The lowest BCUT2D eigenvalue weighted by molar-refractivity contribution is 0.0951. The van der Waals surface area contributed by atoms with E-state index >= 15 is 0 Å². The van der Waals surface area contributed by atoms with E-state index in [1.807, 2.05) is 31.3 Å². The molecule has 0 spiro atoms. The molecule has 0 atom stereocenters. The average molecular weight is 373 g/mol.